The van der Waals surface area contributed by atoms with Gasteiger partial charge in [-0.15, -0.1) is 0 Å². The lowest BCUT2D eigenvalue weighted by Crippen LogP contribution is -2.47. The Hall–Kier alpha value is -2.05. The van der Waals surface area contributed by atoms with E-state index in [1.807, 2.05) is 6.92 Å². The van der Waals surface area contributed by atoms with E-state index in [4.69, 9.17) is 9.47 Å². The highest BCUT2D eigenvalue weighted by atomic mass is 32.2. The van der Waals surface area contributed by atoms with Crippen molar-refractivity contribution in [2.24, 2.45) is 5.92 Å². The number of nitrogens with one attached hydrogen (secondary N) is 1. The van der Waals surface area contributed by atoms with E-state index in [2.05, 4.69) is 4.72 Å². The van der Waals surface area contributed by atoms with Gasteiger partial charge in [0, 0.05) is 45.5 Å². The zero-order chi connectivity index (χ0) is 25.7. The third-order valence-corrected chi connectivity index (χ3v) is 7.22. The minimum Gasteiger partial charge on any atom is -0.491 e. The van der Waals surface area contributed by atoms with E-state index >= 15 is 0 Å². The number of likely N-dealkylation sites (N-methyl/N-ethyl adjacent to an activating group) is 1. The number of fused-ring (bicyclic) bond motifs is 1. The van der Waals surface area contributed by atoms with Crippen molar-refractivity contribution >= 4 is 21.6 Å². The average molecular weight is 510 g/mol. The van der Waals surface area contributed by atoms with Crippen LogP contribution in [0.5, 0.6) is 5.75 Å². The fraction of sp³-hybridized carbons (Fsp3) is 0.682. The second-order valence-corrected chi connectivity index (χ2v) is 10.7. The van der Waals surface area contributed by atoms with Gasteiger partial charge in [-0.3, -0.25) is 14.4 Å². The molecule has 0 aliphatic carbocycles. The molecule has 3 atom stereocenters. The largest absolute Gasteiger partial charge is 0.491 e. The van der Waals surface area contributed by atoms with Crippen molar-refractivity contribution in [3.8, 4) is 5.75 Å². The Morgan fingerprint density at radius 2 is 1.91 bits per heavy atom. The van der Waals surface area contributed by atoms with Crippen LogP contribution in [-0.4, -0.2) is 88.6 Å². The van der Waals surface area contributed by atoms with Crippen molar-refractivity contribution < 1.29 is 35.9 Å². The Balaban J connectivity index is 2.42. The molecule has 1 heterocycles. The zero-order valence-corrected chi connectivity index (χ0v) is 21.0. The molecule has 1 aliphatic rings. The molecule has 0 fully saturated rings. The second kappa shape index (κ2) is 11.6. The molecule has 0 bridgehead atoms. The number of carbonyl (C=O) groups excluding carboxylic acids is 1. The zero-order valence-electron chi connectivity index (χ0n) is 20.2. The molecule has 0 aromatic heterocycles. The maximum atomic E-state index is 13.2. The summed E-state index contributed by atoms with van der Waals surface area (Å²) < 4.78 is 76.6. The number of sulfonamides is 1. The minimum atomic E-state index is -4.28. The van der Waals surface area contributed by atoms with E-state index in [1.165, 1.54) is 37.1 Å². The van der Waals surface area contributed by atoms with E-state index < -0.39 is 28.7 Å². The second-order valence-electron chi connectivity index (χ2n) is 8.67. The molecule has 1 aliphatic heterocycles. The Labute approximate surface area is 199 Å². The number of anilines is 1. The van der Waals surface area contributed by atoms with Crippen LogP contribution in [0.3, 0.4) is 0 Å². The molecule has 8 nitrogen and oxygen atoms in total. The SMILES string of the molecule is CCS(=O)(=O)Nc1ccc2c(c1)C(=O)N(C)C[C@H](OC)[C@@H](C)CN(CCC(F)(F)F)[C@H](C)CO2. The summed E-state index contributed by atoms with van der Waals surface area (Å²) in [5, 5.41) is 0. The van der Waals surface area contributed by atoms with Crippen LogP contribution in [0.4, 0.5) is 18.9 Å². The van der Waals surface area contributed by atoms with E-state index in [9.17, 15) is 26.4 Å². The standard InChI is InChI=1S/C22H34F3N3O5S/c1-6-34(30,31)26-17-7-8-19-18(11-17)21(29)27(4)13-20(32-5)15(2)12-28(16(3)14-33-19)10-9-22(23,24)25/h7-8,11,15-16,20,26H,6,9-10,12-14H2,1-5H3/t15-,16+,20-/m0/s1. The Kier molecular flexibility index (Phi) is 9.61. The van der Waals surface area contributed by atoms with Gasteiger partial charge < -0.3 is 14.4 Å². The first-order chi connectivity index (χ1) is 15.8. The van der Waals surface area contributed by atoms with Crippen molar-refractivity contribution in [3.05, 3.63) is 23.8 Å². The summed E-state index contributed by atoms with van der Waals surface area (Å²) in [5.41, 5.74) is 0.366. The van der Waals surface area contributed by atoms with Crippen LogP contribution in [0.2, 0.25) is 0 Å². The molecule has 1 aromatic rings. The summed E-state index contributed by atoms with van der Waals surface area (Å²) in [5.74, 6) is -0.462. The Morgan fingerprint density at radius 1 is 1.24 bits per heavy atom. The van der Waals surface area contributed by atoms with Crippen molar-refractivity contribution in [2.75, 3.05) is 50.9 Å². The first-order valence-electron chi connectivity index (χ1n) is 11.1. The number of hydrogen-bond acceptors (Lipinski definition) is 6. The number of ether oxygens (including phenoxy) is 2. The van der Waals surface area contributed by atoms with Gasteiger partial charge in [-0.25, -0.2) is 8.42 Å². The van der Waals surface area contributed by atoms with Gasteiger partial charge in [-0.05, 0) is 38.0 Å². The number of hydrogen-bond donors (Lipinski definition) is 1. The lowest BCUT2D eigenvalue weighted by atomic mass is 10.0. The van der Waals surface area contributed by atoms with Gasteiger partial charge in [-0.2, -0.15) is 13.2 Å². The Morgan fingerprint density at radius 3 is 2.50 bits per heavy atom. The monoisotopic (exact) mass is 509 g/mol. The van der Waals surface area contributed by atoms with Crippen molar-refractivity contribution in [1.82, 2.24) is 9.80 Å². The van der Waals surface area contributed by atoms with Crippen molar-refractivity contribution in [3.63, 3.8) is 0 Å². The highest BCUT2D eigenvalue weighted by Crippen LogP contribution is 2.27. The molecule has 1 amide bonds. The number of halogens is 3. The molecule has 2 rings (SSSR count). The summed E-state index contributed by atoms with van der Waals surface area (Å²) >= 11 is 0. The minimum absolute atomic E-state index is 0.0479. The molecule has 0 radical (unpaired) electrons. The van der Waals surface area contributed by atoms with Crippen LogP contribution < -0.4 is 9.46 Å². The molecule has 194 valence electrons. The van der Waals surface area contributed by atoms with E-state index in [-0.39, 0.29) is 60.3 Å². The Bertz CT molecular complexity index is 942. The third kappa shape index (κ3) is 8.02. The number of rotatable bonds is 6. The molecule has 12 heteroatoms. The van der Waals surface area contributed by atoms with Gasteiger partial charge in [-0.1, -0.05) is 6.92 Å². The van der Waals surface area contributed by atoms with Crippen LogP contribution in [-0.2, 0) is 14.8 Å². The molecular formula is C22H34F3N3O5S. The molecule has 0 unspecified atom stereocenters. The molecule has 34 heavy (non-hydrogen) atoms. The highest BCUT2D eigenvalue weighted by molar-refractivity contribution is 7.92. The van der Waals surface area contributed by atoms with Crippen LogP contribution in [0, 0.1) is 5.92 Å². The fourth-order valence-electron chi connectivity index (χ4n) is 3.75. The summed E-state index contributed by atoms with van der Waals surface area (Å²) in [6.45, 7) is 5.54. The number of alkyl halides is 3. The number of benzene rings is 1. The maximum Gasteiger partial charge on any atom is 0.390 e. The van der Waals surface area contributed by atoms with Gasteiger partial charge in [0.25, 0.3) is 5.91 Å². The molecular weight excluding hydrogens is 475 g/mol. The van der Waals surface area contributed by atoms with E-state index in [0.29, 0.717) is 6.54 Å². The van der Waals surface area contributed by atoms with Gasteiger partial charge in [0.05, 0.1) is 23.8 Å². The highest BCUT2D eigenvalue weighted by Gasteiger charge is 2.32. The fourth-order valence-corrected chi connectivity index (χ4v) is 4.38. The van der Waals surface area contributed by atoms with Gasteiger partial charge in [0.15, 0.2) is 0 Å². The topological polar surface area (TPSA) is 88.2 Å². The smallest absolute Gasteiger partial charge is 0.390 e. The summed E-state index contributed by atoms with van der Waals surface area (Å²) in [6, 6.07) is 4.01. The van der Waals surface area contributed by atoms with Crippen LogP contribution in [0.1, 0.15) is 37.6 Å². The first kappa shape index (κ1) is 28.2. The van der Waals surface area contributed by atoms with Crippen LogP contribution in [0.25, 0.3) is 0 Å². The lowest BCUT2D eigenvalue weighted by Gasteiger charge is -2.36. The summed E-state index contributed by atoms with van der Waals surface area (Å²) in [7, 11) is -0.469. The molecule has 1 N–H and O–H groups in total. The number of methoxy groups -OCH3 is 1. The van der Waals surface area contributed by atoms with E-state index in [1.54, 1.807) is 18.9 Å². The third-order valence-electron chi connectivity index (χ3n) is 5.91. The molecule has 1 aromatic carbocycles. The first-order valence-corrected chi connectivity index (χ1v) is 12.8. The predicted molar refractivity (Wildman–Crippen MR) is 124 cm³/mol. The normalized spacial score (nSPS) is 23.5. The van der Waals surface area contributed by atoms with Gasteiger partial charge >= 0.3 is 6.18 Å². The predicted octanol–water partition coefficient (Wildman–Crippen LogP) is 3.21. The maximum absolute atomic E-state index is 13.2. The summed E-state index contributed by atoms with van der Waals surface area (Å²) in [6.07, 6.45) is -5.65. The lowest BCUT2D eigenvalue weighted by molar-refractivity contribution is -0.140. The quantitative estimate of drug-likeness (QED) is 0.634. The van der Waals surface area contributed by atoms with Gasteiger partial charge in [0.1, 0.15) is 12.4 Å². The van der Waals surface area contributed by atoms with Crippen molar-refractivity contribution in [1.29, 1.82) is 0 Å². The summed E-state index contributed by atoms with van der Waals surface area (Å²) in [4.78, 5) is 16.4. The average Bonchev–Trinajstić information content (AvgIpc) is 2.76. The van der Waals surface area contributed by atoms with E-state index in [0.717, 1.165) is 0 Å². The molecule has 0 saturated heterocycles. The number of nitrogens with zero attached hydrogens (tertiary/aromatic N) is 2. The van der Waals surface area contributed by atoms with Crippen LogP contribution in [0.15, 0.2) is 18.2 Å². The van der Waals surface area contributed by atoms with Crippen LogP contribution >= 0.6 is 0 Å². The van der Waals surface area contributed by atoms with Crippen molar-refractivity contribution in [2.45, 2.75) is 45.5 Å². The molecule has 0 spiro atoms. The van der Waals surface area contributed by atoms with Gasteiger partial charge in [0.2, 0.25) is 10.0 Å². The number of amides is 1. The molecule has 0 saturated carbocycles. The number of carbonyl (C=O) groups is 1.